The van der Waals surface area contributed by atoms with Crippen LogP contribution in [-0.2, 0) is 4.79 Å². The van der Waals surface area contributed by atoms with E-state index in [9.17, 15) is 19.5 Å². The first-order valence-corrected chi connectivity index (χ1v) is 9.21. The molecule has 148 valence electrons. The van der Waals surface area contributed by atoms with Crippen LogP contribution >= 0.6 is 11.3 Å². The SMILES string of the molecule is Cc1c(-c2cccc(NC(=O)c3cccnc3)c2)sc(C(=O)O)c1OCC(=O)O. The van der Waals surface area contributed by atoms with Crippen molar-refractivity contribution in [1.29, 1.82) is 0 Å². The van der Waals surface area contributed by atoms with Crippen molar-refractivity contribution < 1.29 is 29.3 Å². The molecule has 0 aliphatic heterocycles. The highest BCUT2D eigenvalue weighted by atomic mass is 32.1. The van der Waals surface area contributed by atoms with E-state index >= 15 is 0 Å². The maximum absolute atomic E-state index is 12.3. The maximum Gasteiger partial charge on any atom is 0.349 e. The standard InChI is InChI=1S/C20H16N2O6S/c1-11-16(28-10-15(23)24)18(20(26)27)29-17(11)12-4-2-6-14(8-12)22-19(25)13-5-3-7-21-9-13/h2-9H,10H2,1H3,(H,22,25)(H,23,24)(H,26,27). The Morgan fingerprint density at radius 2 is 1.97 bits per heavy atom. The highest BCUT2D eigenvalue weighted by molar-refractivity contribution is 7.18. The van der Waals surface area contributed by atoms with Crippen LogP contribution < -0.4 is 10.1 Å². The molecule has 0 aliphatic rings. The fourth-order valence-electron chi connectivity index (χ4n) is 2.66. The Balaban J connectivity index is 1.92. The van der Waals surface area contributed by atoms with Crippen LogP contribution in [0.3, 0.4) is 0 Å². The molecule has 0 radical (unpaired) electrons. The van der Waals surface area contributed by atoms with Crippen LogP contribution in [0.25, 0.3) is 10.4 Å². The highest BCUT2D eigenvalue weighted by Crippen LogP contribution is 2.42. The third kappa shape index (κ3) is 4.58. The number of hydrogen-bond donors (Lipinski definition) is 3. The van der Waals surface area contributed by atoms with Gasteiger partial charge in [0.05, 0.1) is 5.56 Å². The predicted octanol–water partition coefficient (Wildman–Crippen LogP) is 3.53. The van der Waals surface area contributed by atoms with Gasteiger partial charge in [0, 0.05) is 28.5 Å². The molecular formula is C20H16N2O6S. The van der Waals surface area contributed by atoms with Crippen LogP contribution in [-0.4, -0.2) is 39.6 Å². The molecule has 2 aromatic heterocycles. The molecule has 0 aliphatic carbocycles. The summed E-state index contributed by atoms with van der Waals surface area (Å²) in [4.78, 5) is 39.1. The van der Waals surface area contributed by atoms with Crippen LogP contribution in [0.5, 0.6) is 5.75 Å². The van der Waals surface area contributed by atoms with Crippen molar-refractivity contribution in [3.05, 3.63) is 64.8 Å². The number of carboxylic acid groups (broad SMARTS) is 2. The van der Waals surface area contributed by atoms with Crippen molar-refractivity contribution in [2.24, 2.45) is 0 Å². The number of nitrogens with one attached hydrogen (secondary N) is 1. The summed E-state index contributed by atoms with van der Waals surface area (Å²) < 4.78 is 5.20. The summed E-state index contributed by atoms with van der Waals surface area (Å²) in [5.74, 6) is -2.70. The molecule has 0 atom stereocenters. The third-order valence-corrected chi connectivity index (χ3v) is 5.24. The molecule has 0 saturated carbocycles. The largest absolute Gasteiger partial charge is 0.480 e. The summed E-state index contributed by atoms with van der Waals surface area (Å²) in [6, 6.07) is 10.2. The van der Waals surface area contributed by atoms with Gasteiger partial charge in [0.2, 0.25) is 0 Å². The zero-order valence-corrected chi connectivity index (χ0v) is 16.0. The number of carbonyl (C=O) groups is 3. The minimum absolute atomic E-state index is 0.0321. The lowest BCUT2D eigenvalue weighted by Gasteiger charge is -2.08. The summed E-state index contributed by atoms with van der Waals surface area (Å²) in [5.41, 5.74) is 2.12. The number of amides is 1. The first-order chi connectivity index (χ1) is 13.9. The topological polar surface area (TPSA) is 126 Å². The highest BCUT2D eigenvalue weighted by Gasteiger charge is 2.23. The molecule has 0 spiro atoms. The van der Waals surface area contributed by atoms with Gasteiger partial charge in [0.15, 0.2) is 11.5 Å². The summed E-state index contributed by atoms with van der Waals surface area (Å²) in [6.07, 6.45) is 3.02. The quantitative estimate of drug-likeness (QED) is 0.542. The van der Waals surface area contributed by atoms with Crippen LogP contribution in [0, 0.1) is 6.92 Å². The van der Waals surface area contributed by atoms with Crippen LogP contribution in [0.1, 0.15) is 25.6 Å². The van der Waals surface area contributed by atoms with Gasteiger partial charge in [-0.3, -0.25) is 9.78 Å². The molecule has 3 aromatic rings. The summed E-state index contributed by atoms with van der Waals surface area (Å²) in [7, 11) is 0. The Labute approximate surface area is 169 Å². The molecule has 1 amide bonds. The number of aliphatic carboxylic acids is 1. The number of aromatic nitrogens is 1. The first kappa shape index (κ1) is 20.0. The van der Waals surface area contributed by atoms with Crippen LogP contribution in [0.4, 0.5) is 5.69 Å². The molecule has 0 saturated heterocycles. The van der Waals surface area contributed by atoms with Crippen LogP contribution in [0.15, 0.2) is 48.8 Å². The minimum atomic E-state index is -1.20. The number of pyridine rings is 1. The number of hydrogen-bond acceptors (Lipinski definition) is 6. The molecule has 2 heterocycles. The minimum Gasteiger partial charge on any atom is -0.480 e. The van der Waals surface area contributed by atoms with Crippen molar-refractivity contribution >= 4 is 34.9 Å². The monoisotopic (exact) mass is 412 g/mol. The van der Waals surface area contributed by atoms with Gasteiger partial charge in [-0.1, -0.05) is 12.1 Å². The number of carboxylic acids is 2. The van der Waals surface area contributed by atoms with Gasteiger partial charge in [-0.2, -0.15) is 0 Å². The van der Waals surface area contributed by atoms with Crippen molar-refractivity contribution in [2.75, 3.05) is 11.9 Å². The summed E-state index contributed by atoms with van der Waals surface area (Å²) in [6.45, 7) is 1.02. The van der Waals surface area contributed by atoms with E-state index in [1.807, 2.05) is 0 Å². The zero-order chi connectivity index (χ0) is 21.0. The smallest absolute Gasteiger partial charge is 0.349 e. The van der Waals surface area contributed by atoms with Gasteiger partial charge in [-0.15, -0.1) is 11.3 Å². The number of nitrogens with zero attached hydrogens (tertiary/aromatic N) is 1. The number of ether oxygens (including phenoxy) is 1. The second kappa shape index (κ2) is 8.53. The summed E-state index contributed by atoms with van der Waals surface area (Å²) in [5, 5.41) is 21.0. The molecule has 3 rings (SSSR count). The fraction of sp³-hybridized carbons (Fsp3) is 0.100. The number of rotatable bonds is 7. The molecule has 8 nitrogen and oxygen atoms in total. The number of carbonyl (C=O) groups excluding carboxylic acids is 1. The van der Waals surface area contributed by atoms with Gasteiger partial charge >= 0.3 is 11.9 Å². The Hall–Kier alpha value is -3.72. The van der Waals surface area contributed by atoms with Gasteiger partial charge < -0.3 is 20.3 Å². The van der Waals surface area contributed by atoms with E-state index in [0.717, 1.165) is 11.3 Å². The van der Waals surface area contributed by atoms with Crippen molar-refractivity contribution in [2.45, 2.75) is 6.92 Å². The number of aromatic carboxylic acids is 1. The number of thiophene rings is 1. The predicted molar refractivity (Wildman–Crippen MR) is 107 cm³/mol. The lowest BCUT2D eigenvalue weighted by molar-refractivity contribution is -0.139. The lowest BCUT2D eigenvalue weighted by Crippen LogP contribution is -2.12. The van der Waals surface area contributed by atoms with E-state index in [-0.39, 0.29) is 16.5 Å². The molecule has 0 fully saturated rings. The molecule has 3 N–H and O–H groups in total. The average molecular weight is 412 g/mol. The van der Waals surface area contributed by atoms with Crippen LogP contribution in [0.2, 0.25) is 0 Å². The van der Waals surface area contributed by atoms with E-state index in [2.05, 4.69) is 10.3 Å². The van der Waals surface area contributed by atoms with Gasteiger partial charge in [0.25, 0.3) is 5.91 Å². The second-order valence-corrected chi connectivity index (χ2v) is 7.00. The average Bonchev–Trinajstić information content (AvgIpc) is 3.04. The first-order valence-electron chi connectivity index (χ1n) is 8.40. The van der Waals surface area contributed by atoms with E-state index in [1.165, 1.54) is 6.20 Å². The Kier molecular flexibility index (Phi) is 5.89. The molecule has 9 heteroatoms. The van der Waals surface area contributed by atoms with Gasteiger partial charge in [0.1, 0.15) is 5.75 Å². The molecule has 1 aromatic carbocycles. The van der Waals surface area contributed by atoms with Crippen molar-refractivity contribution in [3.63, 3.8) is 0 Å². The maximum atomic E-state index is 12.3. The molecule has 0 unspecified atom stereocenters. The molecule has 0 bridgehead atoms. The van der Waals surface area contributed by atoms with E-state index < -0.39 is 18.5 Å². The molecular weight excluding hydrogens is 396 g/mol. The van der Waals surface area contributed by atoms with Gasteiger partial charge in [-0.25, -0.2) is 9.59 Å². The zero-order valence-electron chi connectivity index (χ0n) is 15.2. The van der Waals surface area contributed by atoms with E-state index in [0.29, 0.717) is 27.3 Å². The Bertz CT molecular complexity index is 1080. The number of anilines is 1. The second-order valence-electron chi connectivity index (χ2n) is 5.98. The fourth-order valence-corrected chi connectivity index (χ4v) is 3.75. The number of benzene rings is 1. The Morgan fingerprint density at radius 3 is 2.62 bits per heavy atom. The van der Waals surface area contributed by atoms with E-state index in [4.69, 9.17) is 9.84 Å². The molecule has 29 heavy (non-hydrogen) atoms. The van der Waals surface area contributed by atoms with E-state index in [1.54, 1.807) is 49.5 Å². The van der Waals surface area contributed by atoms with Crippen molar-refractivity contribution in [3.8, 4) is 16.2 Å². The van der Waals surface area contributed by atoms with Crippen molar-refractivity contribution in [1.82, 2.24) is 4.98 Å². The Morgan fingerprint density at radius 1 is 1.17 bits per heavy atom. The third-order valence-electron chi connectivity index (χ3n) is 3.93. The normalized spacial score (nSPS) is 10.4. The van der Waals surface area contributed by atoms with Gasteiger partial charge in [-0.05, 0) is 36.8 Å². The lowest BCUT2D eigenvalue weighted by atomic mass is 10.1. The summed E-state index contributed by atoms with van der Waals surface area (Å²) >= 11 is 0.983.